The molecule has 0 N–H and O–H groups in total. The average molecular weight is 343 g/mol. The molecule has 0 saturated carbocycles. The van der Waals surface area contributed by atoms with E-state index in [0.29, 0.717) is 11.3 Å². The molecule has 0 bridgehead atoms. The van der Waals surface area contributed by atoms with Gasteiger partial charge in [-0.05, 0) is 43.9 Å². The van der Waals surface area contributed by atoms with Crippen LogP contribution in [0.25, 0.3) is 11.1 Å². The van der Waals surface area contributed by atoms with Crippen molar-refractivity contribution in [3.05, 3.63) is 30.2 Å². The van der Waals surface area contributed by atoms with E-state index >= 15 is 0 Å². The van der Waals surface area contributed by atoms with Gasteiger partial charge in [-0.3, -0.25) is 14.7 Å². The van der Waals surface area contributed by atoms with Crippen molar-refractivity contribution in [2.45, 2.75) is 19.3 Å². The van der Waals surface area contributed by atoms with Crippen molar-refractivity contribution in [3.8, 4) is 0 Å². The molecule has 2 saturated heterocycles. The van der Waals surface area contributed by atoms with Gasteiger partial charge in [-0.1, -0.05) is 0 Å². The first kappa shape index (κ1) is 16.5. The highest BCUT2D eigenvalue weighted by atomic mass is 16.5. The Balaban J connectivity index is 1.28. The Morgan fingerprint density at radius 3 is 2.76 bits per heavy atom. The lowest BCUT2D eigenvalue weighted by molar-refractivity contribution is 0.0506. The Kier molecular flexibility index (Phi) is 4.99. The van der Waals surface area contributed by atoms with Crippen molar-refractivity contribution in [1.82, 2.24) is 14.8 Å². The van der Waals surface area contributed by atoms with Gasteiger partial charge in [0, 0.05) is 51.7 Å². The molecule has 2 fully saturated rings. The first-order valence-electron chi connectivity index (χ1n) is 9.23. The number of ether oxygens (including phenoxy) is 1. The topological polar surface area (TPSA) is 58.8 Å². The highest BCUT2D eigenvalue weighted by Gasteiger charge is 2.25. The summed E-state index contributed by atoms with van der Waals surface area (Å²) < 4.78 is 11.1. The Morgan fingerprint density at radius 1 is 1.20 bits per heavy atom. The van der Waals surface area contributed by atoms with Gasteiger partial charge in [-0.25, -0.2) is 0 Å². The molecule has 2 aliphatic heterocycles. The molecule has 25 heavy (non-hydrogen) atoms. The first-order valence-corrected chi connectivity index (χ1v) is 9.23. The summed E-state index contributed by atoms with van der Waals surface area (Å²) in [7, 11) is 0. The summed E-state index contributed by atoms with van der Waals surface area (Å²) in [4.78, 5) is 21.2. The van der Waals surface area contributed by atoms with Crippen LogP contribution < -0.4 is 0 Å². The van der Waals surface area contributed by atoms with E-state index in [1.165, 1.54) is 19.3 Å². The molecule has 6 heteroatoms. The molecule has 134 valence electrons. The molecule has 4 rings (SSSR count). The molecule has 0 aromatic carbocycles. The van der Waals surface area contributed by atoms with Crippen molar-refractivity contribution in [3.63, 3.8) is 0 Å². The molecule has 2 aromatic heterocycles. The summed E-state index contributed by atoms with van der Waals surface area (Å²) in [5.41, 5.74) is 1.40. The summed E-state index contributed by atoms with van der Waals surface area (Å²) >= 11 is 0. The zero-order valence-electron chi connectivity index (χ0n) is 14.5. The Morgan fingerprint density at radius 2 is 2.00 bits per heavy atom. The molecule has 1 amide bonds. The number of carbonyl (C=O) groups excluding carboxylic acids is 1. The van der Waals surface area contributed by atoms with E-state index in [0.717, 1.165) is 57.4 Å². The summed E-state index contributed by atoms with van der Waals surface area (Å²) in [6.07, 6.45) is 5.34. The van der Waals surface area contributed by atoms with Crippen LogP contribution in [0.5, 0.6) is 0 Å². The van der Waals surface area contributed by atoms with Crippen LogP contribution in [0.15, 0.2) is 28.8 Å². The number of hydrogen-bond donors (Lipinski definition) is 0. The van der Waals surface area contributed by atoms with Crippen LogP contribution in [0.1, 0.15) is 29.8 Å². The van der Waals surface area contributed by atoms with Crippen molar-refractivity contribution in [2.75, 3.05) is 45.9 Å². The van der Waals surface area contributed by atoms with Crippen LogP contribution in [-0.4, -0.2) is 66.6 Å². The minimum atomic E-state index is -0.0259. The van der Waals surface area contributed by atoms with Gasteiger partial charge in [-0.15, -0.1) is 0 Å². The molecule has 2 aromatic rings. The van der Waals surface area contributed by atoms with Gasteiger partial charge in [-0.2, -0.15) is 0 Å². The van der Waals surface area contributed by atoms with Crippen molar-refractivity contribution >= 4 is 17.0 Å². The standard InChI is InChI=1S/C19H25N3O3/c23-19(18-14-16-17(25-18)2-1-6-20-16)22-10-8-21(9-11-22)7-3-15-4-12-24-13-5-15/h1-2,6,14-15H,3-5,7-13H2. The van der Waals surface area contributed by atoms with Crippen molar-refractivity contribution < 1.29 is 13.9 Å². The zero-order chi connectivity index (χ0) is 17.1. The molecule has 0 atom stereocenters. The second-order valence-electron chi connectivity index (χ2n) is 6.98. The van der Waals surface area contributed by atoms with Crippen LogP contribution in [0.2, 0.25) is 0 Å². The lowest BCUT2D eigenvalue weighted by atomic mass is 9.96. The fourth-order valence-corrected chi connectivity index (χ4v) is 3.71. The normalized spacial score (nSPS) is 20.2. The second-order valence-corrected chi connectivity index (χ2v) is 6.98. The largest absolute Gasteiger partial charge is 0.449 e. The Hall–Kier alpha value is -1.92. The minimum absolute atomic E-state index is 0.0259. The number of nitrogens with zero attached hydrogens (tertiary/aromatic N) is 3. The third kappa shape index (κ3) is 3.85. The van der Waals surface area contributed by atoms with E-state index in [9.17, 15) is 4.79 Å². The molecule has 0 spiro atoms. The SMILES string of the molecule is O=C(c1cc2ncccc2o1)N1CCN(CCC2CCOCC2)CC1. The van der Waals surface area contributed by atoms with Crippen LogP contribution in [0, 0.1) is 5.92 Å². The van der Waals surface area contributed by atoms with E-state index in [1.807, 2.05) is 17.0 Å². The van der Waals surface area contributed by atoms with E-state index in [1.54, 1.807) is 12.3 Å². The first-order chi connectivity index (χ1) is 12.3. The fraction of sp³-hybridized carbons (Fsp3) is 0.579. The molecular weight excluding hydrogens is 318 g/mol. The predicted octanol–water partition coefficient (Wildman–Crippen LogP) is 2.40. The van der Waals surface area contributed by atoms with Gasteiger partial charge in [0.1, 0.15) is 5.52 Å². The van der Waals surface area contributed by atoms with Gasteiger partial charge >= 0.3 is 0 Å². The van der Waals surface area contributed by atoms with E-state index < -0.39 is 0 Å². The van der Waals surface area contributed by atoms with Gasteiger partial charge in [0.25, 0.3) is 5.91 Å². The fourth-order valence-electron chi connectivity index (χ4n) is 3.71. The third-order valence-corrected chi connectivity index (χ3v) is 5.35. The number of piperazine rings is 1. The van der Waals surface area contributed by atoms with Gasteiger partial charge in [0.05, 0.1) is 0 Å². The smallest absolute Gasteiger partial charge is 0.289 e. The van der Waals surface area contributed by atoms with E-state index in [2.05, 4.69) is 9.88 Å². The maximum Gasteiger partial charge on any atom is 0.289 e. The summed E-state index contributed by atoms with van der Waals surface area (Å²) in [5.74, 6) is 1.17. The molecule has 0 radical (unpaired) electrons. The molecule has 0 unspecified atom stereocenters. The van der Waals surface area contributed by atoms with Gasteiger partial charge in [0.15, 0.2) is 11.3 Å². The maximum atomic E-state index is 12.7. The molecule has 4 heterocycles. The monoisotopic (exact) mass is 343 g/mol. The summed E-state index contributed by atoms with van der Waals surface area (Å²) in [6, 6.07) is 5.40. The van der Waals surface area contributed by atoms with E-state index in [-0.39, 0.29) is 5.91 Å². The van der Waals surface area contributed by atoms with Gasteiger partial charge < -0.3 is 14.1 Å². The number of rotatable bonds is 4. The number of fused-ring (bicyclic) bond motifs is 1. The second kappa shape index (κ2) is 7.54. The number of aromatic nitrogens is 1. The number of pyridine rings is 1. The number of amides is 1. The zero-order valence-corrected chi connectivity index (χ0v) is 14.5. The average Bonchev–Trinajstić information content (AvgIpc) is 3.11. The molecule has 2 aliphatic rings. The summed E-state index contributed by atoms with van der Waals surface area (Å²) in [5, 5.41) is 0. The van der Waals surface area contributed by atoms with Crippen LogP contribution in [-0.2, 0) is 4.74 Å². The van der Waals surface area contributed by atoms with E-state index in [4.69, 9.17) is 9.15 Å². The Bertz CT molecular complexity index is 683. The molecular formula is C19H25N3O3. The number of hydrogen-bond acceptors (Lipinski definition) is 5. The minimum Gasteiger partial charge on any atom is -0.449 e. The van der Waals surface area contributed by atoms with Crippen molar-refractivity contribution in [2.24, 2.45) is 5.92 Å². The Labute approximate surface area is 147 Å². The quantitative estimate of drug-likeness (QED) is 0.853. The van der Waals surface area contributed by atoms with Gasteiger partial charge in [0.2, 0.25) is 0 Å². The van der Waals surface area contributed by atoms with Crippen LogP contribution in [0.4, 0.5) is 0 Å². The van der Waals surface area contributed by atoms with Crippen molar-refractivity contribution in [1.29, 1.82) is 0 Å². The van der Waals surface area contributed by atoms with Crippen LogP contribution in [0.3, 0.4) is 0 Å². The predicted molar refractivity (Wildman–Crippen MR) is 94.5 cm³/mol. The number of furan rings is 1. The third-order valence-electron chi connectivity index (χ3n) is 5.35. The highest BCUT2D eigenvalue weighted by molar-refractivity contribution is 5.95. The molecule has 6 nitrogen and oxygen atoms in total. The molecule has 0 aliphatic carbocycles. The maximum absolute atomic E-state index is 12.7. The van der Waals surface area contributed by atoms with Crippen LogP contribution >= 0.6 is 0 Å². The highest BCUT2D eigenvalue weighted by Crippen LogP contribution is 2.21. The lowest BCUT2D eigenvalue weighted by Gasteiger charge is -2.35. The lowest BCUT2D eigenvalue weighted by Crippen LogP contribution is -2.49. The summed E-state index contributed by atoms with van der Waals surface area (Å²) in [6.45, 7) is 6.36. The number of carbonyl (C=O) groups is 1.